The maximum atomic E-state index is 12.5. The topological polar surface area (TPSA) is 114 Å². The van der Waals surface area contributed by atoms with Crippen molar-refractivity contribution in [1.82, 2.24) is 15.2 Å². The van der Waals surface area contributed by atoms with E-state index in [4.69, 9.17) is 9.47 Å². The minimum atomic E-state index is -3.61. The average Bonchev–Trinajstić information content (AvgIpc) is 2.77. The molecule has 0 radical (unpaired) electrons. The molecule has 30 heavy (non-hydrogen) atoms. The number of hydrogen-bond donors (Lipinski definition) is 2. The number of para-hydroxylation sites is 2. The quantitative estimate of drug-likeness (QED) is 0.664. The molecule has 0 fully saturated rings. The molecule has 3 rings (SSSR count). The minimum Gasteiger partial charge on any atom is -0.485 e. The summed E-state index contributed by atoms with van der Waals surface area (Å²) in [5, 5.41) is 0. The lowest BCUT2D eigenvalue weighted by Crippen LogP contribution is -2.50. The van der Waals surface area contributed by atoms with Crippen molar-refractivity contribution in [3.05, 3.63) is 54.1 Å². The summed E-state index contributed by atoms with van der Waals surface area (Å²) in [6, 6.07) is 12.5. The molecule has 9 nitrogen and oxygen atoms in total. The van der Waals surface area contributed by atoms with Crippen LogP contribution in [0, 0.1) is 0 Å². The summed E-state index contributed by atoms with van der Waals surface area (Å²) < 4.78 is 37.4. The predicted molar refractivity (Wildman–Crippen MR) is 109 cm³/mol. The Bertz CT molecular complexity index is 1020. The lowest BCUT2D eigenvalue weighted by atomic mass is 10.2. The molecular weight excluding hydrogens is 410 g/mol. The number of carbonyl (C=O) groups is 2. The molecule has 0 saturated heterocycles. The number of fused-ring (bicyclic) bond motifs is 1. The zero-order valence-electron chi connectivity index (χ0n) is 16.6. The Morgan fingerprint density at radius 2 is 1.63 bits per heavy atom. The molecule has 0 bridgehead atoms. The van der Waals surface area contributed by atoms with Gasteiger partial charge < -0.3 is 9.47 Å². The molecule has 1 heterocycles. The first kappa shape index (κ1) is 21.6. The molecule has 2 aromatic rings. The van der Waals surface area contributed by atoms with Crippen LogP contribution in [-0.4, -0.2) is 50.3 Å². The summed E-state index contributed by atoms with van der Waals surface area (Å²) in [5.41, 5.74) is 4.78. The van der Waals surface area contributed by atoms with E-state index in [0.717, 1.165) is 0 Å². The number of amides is 2. The van der Waals surface area contributed by atoms with E-state index < -0.39 is 27.9 Å². The molecule has 2 amide bonds. The summed E-state index contributed by atoms with van der Waals surface area (Å²) in [6.45, 7) is 4.22. The largest absolute Gasteiger partial charge is 0.485 e. The smallest absolute Gasteiger partial charge is 0.283 e. The van der Waals surface area contributed by atoms with Crippen molar-refractivity contribution in [2.24, 2.45) is 0 Å². The lowest BCUT2D eigenvalue weighted by molar-refractivity contribution is -0.131. The Balaban J connectivity index is 1.58. The molecular formula is C20H23N3O6S. The Hall–Kier alpha value is -3.11. The van der Waals surface area contributed by atoms with Crippen LogP contribution >= 0.6 is 0 Å². The van der Waals surface area contributed by atoms with E-state index in [1.807, 2.05) is 0 Å². The Morgan fingerprint density at radius 3 is 2.27 bits per heavy atom. The van der Waals surface area contributed by atoms with Crippen LogP contribution in [0.5, 0.6) is 11.5 Å². The highest BCUT2D eigenvalue weighted by Crippen LogP contribution is 2.30. The van der Waals surface area contributed by atoms with E-state index >= 15 is 0 Å². The highest BCUT2D eigenvalue weighted by Gasteiger charge is 2.27. The standard InChI is InChI=1S/C20H23N3O6S/c1-3-23(4-2)30(26,27)15-11-9-14(10-12-15)19(24)21-22-20(25)18-13-28-16-7-5-6-8-17(16)29-18/h5-12,18H,3-4,13H2,1-2H3,(H,21,24)(H,22,25)/t18-/m1/s1. The molecule has 10 heteroatoms. The highest BCUT2D eigenvalue weighted by atomic mass is 32.2. The summed E-state index contributed by atoms with van der Waals surface area (Å²) in [6.07, 6.45) is -0.915. The zero-order valence-corrected chi connectivity index (χ0v) is 17.4. The minimum absolute atomic E-state index is 0.0105. The molecule has 0 saturated carbocycles. The normalized spacial score (nSPS) is 15.5. The monoisotopic (exact) mass is 433 g/mol. The zero-order chi connectivity index (χ0) is 21.7. The molecule has 2 N–H and O–H groups in total. The number of hydrazine groups is 1. The number of rotatable bonds is 6. The first-order valence-electron chi connectivity index (χ1n) is 9.45. The van der Waals surface area contributed by atoms with E-state index in [1.165, 1.54) is 28.6 Å². The van der Waals surface area contributed by atoms with Gasteiger partial charge >= 0.3 is 0 Å². The molecule has 0 spiro atoms. The van der Waals surface area contributed by atoms with Gasteiger partial charge in [0.15, 0.2) is 11.5 Å². The number of nitrogens with zero attached hydrogens (tertiary/aromatic N) is 1. The van der Waals surface area contributed by atoms with Gasteiger partial charge in [0, 0.05) is 18.7 Å². The van der Waals surface area contributed by atoms with Gasteiger partial charge in [-0.05, 0) is 36.4 Å². The molecule has 160 valence electrons. The third-order valence-electron chi connectivity index (χ3n) is 4.56. The van der Waals surface area contributed by atoms with Crippen molar-refractivity contribution < 1.29 is 27.5 Å². The van der Waals surface area contributed by atoms with Gasteiger partial charge in [0.05, 0.1) is 4.90 Å². The van der Waals surface area contributed by atoms with Crippen molar-refractivity contribution in [3.63, 3.8) is 0 Å². The molecule has 2 aromatic carbocycles. The van der Waals surface area contributed by atoms with Gasteiger partial charge in [0.2, 0.25) is 16.1 Å². The highest BCUT2D eigenvalue weighted by molar-refractivity contribution is 7.89. The lowest BCUT2D eigenvalue weighted by Gasteiger charge is -2.25. The second kappa shape index (κ2) is 9.14. The number of sulfonamides is 1. The van der Waals surface area contributed by atoms with Crippen LogP contribution in [0.2, 0.25) is 0 Å². The van der Waals surface area contributed by atoms with Gasteiger partial charge in [0.1, 0.15) is 6.61 Å². The van der Waals surface area contributed by atoms with Gasteiger partial charge in [-0.1, -0.05) is 26.0 Å². The number of nitrogens with one attached hydrogen (secondary N) is 2. The van der Waals surface area contributed by atoms with E-state index in [2.05, 4.69) is 10.9 Å². The van der Waals surface area contributed by atoms with E-state index in [0.29, 0.717) is 24.6 Å². The number of carbonyl (C=O) groups excluding carboxylic acids is 2. The Kier molecular flexibility index (Phi) is 6.58. The third-order valence-corrected chi connectivity index (χ3v) is 6.62. The van der Waals surface area contributed by atoms with E-state index in [-0.39, 0.29) is 17.1 Å². The van der Waals surface area contributed by atoms with Crippen LogP contribution in [0.4, 0.5) is 0 Å². The van der Waals surface area contributed by atoms with E-state index in [1.54, 1.807) is 38.1 Å². The van der Waals surface area contributed by atoms with Crippen LogP contribution < -0.4 is 20.3 Å². The van der Waals surface area contributed by atoms with E-state index in [9.17, 15) is 18.0 Å². The van der Waals surface area contributed by atoms with Gasteiger partial charge in [-0.15, -0.1) is 0 Å². The molecule has 0 aromatic heterocycles. The second-order valence-corrected chi connectivity index (χ2v) is 8.36. The van der Waals surface area contributed by atoms with Gasteiger partial charge in [-0.2, -0.15) is 4.31 Å². The SMILES string of the molecule is CCN(CC)S(=O)(=O)c1ccc(C(=O)NNC(=O)[C@H]2COc3ccccc3O2)cc1. The van der Waals surface area contributed by atoms with Crippen molar-refractivity contribution in [1.29, 1.82) is 0 Å². The molecule has 1 aliphatic heterocycles. The van der Waals surface area contributed by atoms with Crippen LogP contribution in [0.15, 0.2) is 53.4 Å². The Morgan fingerprint density at radius 1 is 1.00 bits per heavy atom. The maximum absolute atomic E-state index is 12.5. The summed E-state index contributed by atoms with van der Waals surface area (Å²) in [7, 11) is -3.61. The molecule has 1 atom stereocenters. The fourth-order valence-electron chi connectivity index (χ4n) is 2.91. The van der Waals surface area contributed by atoms with Gasteiger partial charge in [-0.3, -0.25) is 20.4 Å². The molecule has 0 aliphatic carbocycles. The fourth-order valence-corrected chi connectivity index (χ4v) is 4.37. The number of ether oxygens (including phenoxy) is 2. The maximum Gasteiger partial charge on any atom is 0.283 e. The number of benzene rings is 2. The average molecular weight is 433 g/mol. The van der Waals surface area contributed by atoms with Crippen molar-refractivity contribution in [2.75, 3.05) is 19.7 Å². The summed E-state index contributed by atoms with van der Waals surface area (Å²) in [4.78, 5) is 24.6. The van der Waals surface area contributed by atoms with Gasteiger partial charge in [-0.25, -0.2) is 8.42 Å². The summed E-state index contributed by atoms with van der Waals surface area (Å²) >= 11 is 0. The predicted octanol–water partition coefficient (Wildman–Crippen LogP) is 1.32. The van der Waals surface area contributed by atoms with Crippen molar-refractivity contribution >= 4 is 21.8 Å². The summed E-state index contributed by atoms with van der Waals surface area (Å²) in [5.74, 6) is -0.170. The fraction of sp³-hybridized carbons (Fsp3) is 0.300. The first-order valence-corrected chi connectivity index (χ1v) is 10.9. The van der Waals surface area contributed by atoms with Gasteiger partial charge in [0.25, 0.3) is 11.8 Å². The van der Waals surface area contributed by atoms with Crippen LogP contribution in [0.1, 0.15) is 24.2 Å². The van der Waals surface area contributed by atoms with Crippen LogP contribution in [-0.2, 0) is 14.8 Å². The van der Waals surface area contributed by atoms with Crippen molar-refractivity contribution in [3.8, 4) is 11.5 Å². The molecule has 1 aliphatic rings. The molecule has 0 unspecified atom stereocenters. The van der Waals surface area contributed by atoms with Crippen LogP contribution in [0.3, 0.4) is 0 Å². The van der Waals surface area contributed by atoms with Crippen LogP contribution in [0.25, 0.3) is 0 Å². The Labute approximate surface area is 175 Å². The second-order valence-electron chi connectivity index (χ2n) is 6.42. The van der Waals surface area contributed by atoms with Crippen molar-refractivity contribution in [2.45, 2.75) is 24.8 Å². The number of hydrogen-bond acceptors (Lipinski definition) is 6. The first-order chi connectivity index (χ1) is 14.4. The third kappa shape index (κ3) is 4.55.